The summed E-state index contributed by atoms with van der Waals surface area (Å²) >= 11 is 2.36. The number of thiophene rings is 1. The molecular formula is C18H13BrF3N3O4S3. The predicted octanol–water partition coefficient (Wildman–Crippen LogP) is 4.67. The molecule has 0 aliphatic carbocycles. The molecule has 3 aromatic rings. The van der Waals surface area contributed by atoms with Gasteiger partial charge < -0.3 is 0 Å². The van der Waals surface area contributed by atoms with Crippen LogP contribution in [0.15, 0.2) is 62.3 Å². The molecule has 1 aliphatic rings. The zero-order valence-corrected chi connectivity index (χ0v) is 19.8. The summed E-state index contributed by atoms with van der Waals surface area (Å²) < 4.78 is 88.2. The molecule has 1 aliphatic heterocycles. The van der Waals surface area contributed by atoms with E-state index in [9.17, 15) is 25.8 Å². The largest absolute Gasteiger partial charge is 0.390 e. The number of hydrogen-bond donors (Lipinski definition) is 1. The molecule has 0 saturated carbocycles. The zero-order valence-electron chi connectivity index (χ0n) is 15.8. The van der Waals surface area contributed by atoms with Gasteiger partial charge in [0.1, 0.15) is 5.00 Å². The average Bonchev–Trinajstić information content (AvgIpc) is 3.31. The van der Waals surface area contributed by atoms with Crippen LogP contribution in [-0.4, -0.2) is 31.2 Å². The summed E-state index contributed by atoms with van der Waals surface area (Å²) in [5.41, 5.74) is 2.30. The van der Waals surface area contributed by atoms with Crippen molar-refractivity contribution in [3.05, 3.63) is 58.6 Å². The van der Waals surface area contributed by atoms with E-state index in [2.05, 4.69) is 30.1 Å². The fourth-order valence-electron chi connectivity index (χ4n) is 3.02. The molecule has 2 heterocycles. The third kappa shape index (κ3) is 4.55. The van der Waals surface area contributed by atoms with Gasteiger partial charge in [-0.2, -0.15) is 17.5 Å². The van der Waals surface area contributed by atoms with Crippen LogP contribution in [0.2, 0.25) is 0 Å². The Morgan fingerprint density at radius 2 is 1.84 bits per heavy atom. The van der Waals surface area contributed by atoms with E-state index in [1.54, 1.807) is 24.3 Å². The average molecular weight is 568 g/mol. The lowest BCUT2D eigenvalue weighted by molar-refractivity contribution is -0.131. The topological polar surface area (TPSA) is 88.1 Å². The number of amidine groups is 1. The van der Waals surface area contributed by atoms with Gasteiger partial charge in [-0.3, -0.25) is 4.31 Å². The minimum atomic E-state index is -4.57. The summed E-state index contributed by atoms with van der Waals surface area (Å²) in [5.74, 6) is -0.103. The van der Waals surface area contributed by atoms with Gasteiger partial charge in [0.05, 0.1) is 15.8 Å². The number of nitrogens with zero attached hydrogens (tertiary/aromatic N) is 2. The van der Waals surface area contributed by atoms with Crippen LogP contribution in [0.3, 0.4) is 0 Å². The van der Waals surface area contributed by atoms with Gasteiger partial charge in [0.2, 0.25) is 0 Å². The lowest BCUT2D eigenvalue weighted by Gasteiger charge is -2.25. The summed E-state index contributed by atoms with van der Waals surface area (Å²) in [5, 5.41) is 0.796. The molecular weight excluding hydrogens is 555 g/mol. The molecule has 0 saturated heterocycles. The third-order valence-electron chi connectivity index (χ3n) is 4.43. The summed E-state index contributed by atoms with van der Waals surface area (Å²) in [4.78, 5) is -0.305. The van der Waals surface area contributed by atoms with E-state index in [1.807, 2.05) is 0 Å². The summed E-state index contributed by atoms with van der Waals surface area (Å²) in [6.45, 7) is -0.825. The minimum Gasteiger partial charge on any atom is -0.256 e. The molecule has 7 nitrogen and oxygen atoms in total. The highest BCUT2D eigenvalue weighted by Crippen LogP contribution is 2.44. The maximum Gasteiger partial charge on any atom is 0.390 e. The monoisotopic (exact) mass is 567 g/mol. The first-order chi connectivity index (χ1) is 15.1. The van der Waals surface area contributed by atoms with Crippen LogP contribution in [0.4, 0.5) is 18.2 Å². The zero-order chi connectivity index (χ0) is 23.1. The smallest absolute Gasteiger partial charge is 0.256 e. The molecule has 1 aromatic heterocycles. The van der Waals surface area contributed by atoms with Crippen LogP contribution in [0.5, 0.6) is 0 Å². The van der Waals surface area contributed by atoms with Crippen LogP contribution >= 0.6 is 27.3 Å². The van der Waals surface area contributed by atoms with Crippen LogP contribution < -0.4 is 9.79 Å². The molecule has 0 radical (unpaired) electrons. The molecule has 0 spiro atoms. The molecule has 14 heteroatoms. The molecule has 0 amide bonds. The van der Waals surface area contributed by atoms with E-state index >= 15 is 0 Å². The molecule has 2 aromatic carbocycles. The Bertz CT molecular complexity index is 1340. The molecule has 1 N–H and O–H groups in total. The van der Waals surface area contributed by atoms with Crippen molar-refractivity contribution >= 4 is 69.5 Å². The second-order valence-corrected chi connectivity index (χ2v) is 10.9. The van der Waals surface area contributed by atoms with Crippen molar-refractivity contribution in [2.45, 2.75) is 17.5 Å². The van der Waals surface area contributed by atoms with E-state index in [0.717, 1.165) is 15.6 Å². The van der Waals surface area contributed by atoms with Crippen LogP contribution in [0.25, 0.3) is 10.1 Å². The van der Waals surface area contributed by atoms with Gasteiger partial charge in [-0.05, 0) is 34.1 Å². The van der Waals surface area contributed by atoms with Crippen molar-refractivity contribution in [1.82, 2.24) is 5.48 Å². The van der Waals surface area contributed by atoms with Crippen molar-refractivity contribution in [1.29, 1.82) is 0 Å². The highest BCUT2D eigenvalue weighted by atomic mass is 79.9. The fourth-order valence-corrected chi connectivity index (χ4v) is 7.55. The van der Waals surface area contributed by atoms with E-state index in [-0.39, 0.29) is 21.3 Å². The van der Waals surface area contributed by atoms with Crippen LogP contribution in [0.1, 0.15) is 12.0 Å². The van der Waals surface area contributed by atoms with Gasteiger partial charge in [0.15, 0.2) is 5.84 Å². The number of hydrogen-bond acceptors (Lipinski definition) is 6. The van der Waals surface area contributed by atoms with Gasteiger partial charge >= 0.3 is 17.4 Å². The van der Waals surface area contributed by atoms with Crippen LogP contribution in [-0.2, 0) is 25.6 Å². The molecule has 32 heavy (non-hydrogen) atoms. The predicted molar refractivity (Wildman–Crippen MR) is 120 cm³/mol. The van der Waals surface area contributed by atoms with Crippen molar-refractivity contribution in [3.63, 3.8) is 0 Å². The second kappa shape index (κ2) is 8.74. The minimum absolute atomic E-state index is 0.0209. The highest BCUT2D eigenvalue weighted by Gasteiger charge is 2.36. The lowest BCUT2D eigenvalue weighted by atomic mass is 10.2. The number of nitrogens with one attached hydrogen (secondary N) is 1. The number of sulfonamides is 1. The van der Waals surface area contributed by atoms with Crippen molar-refractivity contribution in [3.8, 4) is 0 Å². The Hall–Kier alpha value is -2.00. The van der Waals surface area contributed by atoms with Crippen molar-refractivity contribution < 1.29 is 30.1 Å². The van der Waals surface area contributed by atoms with Crippen LogP contribution in [0, 0.1) is 0 Å². The summed E-state index contributed by atoms with van der Waals surface area (Å²) in [7, 11) is -4.49. The number of fused-ring (bicyclic) bond motifs is 1. The van der Waals surface area contributed by atoms with E-state index in [1.165, 1.54) is 24.3 Å². The Morgan fingerprint density at radius 3 is 2.50 bits per heavy atom. The van der Waals surface area contributed by atoms with E-state index < -0.39 is 40.4 Å². The first kappa shape index (κ1) is 23.2. The molecule has 0 fully saturated rings. The van der Waals surface area contributed by atoms with Crippen molar-refractivity contribution in [2.75, 3.05) is 10.8 Å². The molecule has 4 rings (SSSR count). The highest BCUT2D eigenvalue weighted by molar-refractivity contribution is 9.10. The third-order valence-corrected chi connectivity index (χ3v) is 9.22. The maximum atomic E-state index is 13.7. The van der Waals surface area contributed by atoms with E-state index in [0.29, 0.717) is 14.6 Å². The lowest BCUT2D eigenvalue weighted by Crippen LogP contribution is -2.35. The Labute approximate surface area is 195 Å². The summed E-state index contributed by atoms with van der Waals surface area (Å²) in [6.07, 6.45) is -5.92. The van der Waals surface area contributed by atoms with Crippen molar-refractivity contribution in [2.24, 2.45) is 4.40 Å². The second-order valence-electron chi connectivity index (χ2n) is 6.50. The molecule has 170 valence electrons. The molecule has 1 atom stereocenters. The Balaban J connectivity index is 1.87. The summed E-state index contributed by atoms with van der Waals surface area (Å²) in [6, 6.07) is 12.6. The SMILES string of the molecule is O=S1N=C(c2ccccc2S(=O)(=O)N(CCC(F)(F)F)c2sc3ccccc3c2Br)NO1. The number of halogens is 4. The van der Waals surface area contributed by atoms with Gasteiger partial charge in [0, 0.05) is 22.2 Å². The first-order valence-electron chi connectivity index (χ1n) is 8.88. The molecule has 0 bridgehead atoms. The van der Waals surface area contributed by atoms with Gasteiger partial charge in [-0.1, -0.05) is 30.3 Å². The Morgan fingerprint density at radius 1 is 1.16 bits per heavy atom. The van der Waals surface area contributed by atoms with E-state index in [4.69, 9.17) is 0 Å². The standard InChI is InChI=1S/C18H13BrF3N3O4S3/c19-15-11-5-1-3-7-13(11)30-17(15)25(10-9-18(20,21)22)32(27,28)14-8-4-2-6-12(14)16-23-29-31(26)24-16/h1-8H,9-10H2,(H,23,24). The normalized spacial score (nSPS) is 16.8. The van der Waals surface area contributed by atoms with Gasteiger partial charge in [-0.25, -0.2) is 18.1 Å². The number of benzene rings is 2. The Kier molecular flexibility index (Phi) is 6.33. The molecule has 1 unspecified atom stereocenters. The number of hydroxylamine groups is 1. The number of alkyl halides is 3. The quantitative estimate of drug-likeness (QED) is 0.467. The maximum absolute atomic E-state index is 13.7. The first-order valence-corrected chi connectivity index (χ1v) is 13.0. The number of anilines is 1. The van der Waals surface area contributed by atoms with Gasteiger partial charge in [-0.15, -0.1) is 15.7 Å². The fraction of sp³-hybridized carbons (Fsp3) is 0.167. The number of rotatable bonds is 6. The van der Waals surface area contributed by atoms with Gasteiger partial charge in [0.25, 0.3) is 10.0 Å².